The van der Waals surface area contributed by atoms with E-state index in [1.165, 1.54) is 0 Å². The van der Waals surface area contributed by atoms with Gasteiger partial charge in [0.1, 0.15) is 5.69 Å². The van der Waals surface area contributed by atoms with Crippen molar-refractivity contribution >= 4 is 29.0 Å². The number of rotatable bonds is 3. The Kier molecular flexibility index (Phi) is 4.04. The molecule has 1 amide bonds. The summed E-state index contributed by atoms with van der Waals surface area (Å²) in [6.07, 6.45) is -4.64. The van der Waals surface area contributed by atoms with Crippen molar-refractivity contribution < 1.29 is 22.9 Å². The number of carbonyl (C=O) groups is 1. The number of aromatic nitrogens is 2. The minimum Gasteiger partial charge on any atom is -0.305 e. The van der Waals surface area contributed by atoms with Crippen molar-refractivity contribution in [3.05, 3.63) is 50.7 Å². The number of halogens is 4. The number of aromatic amines is 1. The monoisotopic (exact) mass is 334 g/mol. The maximum absolute atomic E-state index is 12.4. The average Bonchev–Trinajstić information content (AvgIpc) is 2.87. The van der Waals surface area contributed by atoms with Gasteiger partial charge >= 0.3 is 6.18 Å². The van der Waals surface area contributed by atoms with E-state index in [9.17, 15) is 28.1 Å². The Morgan fingerprint density at radius 1 is 1.36 bits per heavy atom. The molecule has 1 heterocycles. The first-order valence-corrected chi connectivity index (χ1v) is 5.94. The van der Waals surface area contributed by atoms with E-state index in [1.807, 2.05) is 0 Å². The number of hydrogen-bond donors (Lipinski definition) is 2. The summed E-state index contributed by atoms with van der Waals surface area (Å²) in [4.78, 5) is 21.8. The molecule has 0 bridgehead atoms. The van der Waals surface area contributed by atoms with E-state index in [0.29, 0.717) is 6.07 Å². The van der Waals surface area contributed by atoms with E-state index in [4.69, 9.17) is 11.6 Å². The lowest BCUT2D eigenvalue weighted by Crippen LogP contribution is -2.13. The first-order valence-electron chi connectivity index (χ1n) is 5.56. The molecular formula is C11H6ClF3N4O3. The molecule has 7 nitrogen and oxygen atoms in total. The number of nitro benzene ring substituents is 1. The van der Waals surface area contributed by atoms with Gasteiger partial charge in [-0.1, -0.05) is 11.6 Å². The van der Waals surface area contributed by atoms with Crippen LogP contribution >= 0.6 is 11.6 Å². The molecule has 0 saturated carbocycles. The number of nitrogens with one attached hydrogen (secondary N) is 2. The molecular weight excluding hydrogens is 329 g/mol. The molecule has 0 unspecified atom stereocenters. The molecule has 0 atom stereocenters. The second-order valence-electron chi connectivity index (χ2n) is 4.04. The maximum Gasteiger partial charge on any atom is 0.432 e. The van der Waals surface area contributed by atoms with Crippen molar-refractivity contribution in [3.63, 3.8) is 0 Å². The van der Waals surface area contributed by atoms with Crippen LogP contribution in [-0.2, 0) is 6.18 Å². The zero-order chi connectivity index (χ0) is 16.5. The molecule has 0 aliphatic heterocycles. The van der Waals surface area contributed by atoms with Crippen LogP contribution in [0.5, 0.6) is 0 Å². The van der Waals surface area contributed by atoms with Gasteiger partial charge in [-0.3, -0.25) is 20.0 Å². The van der Waals surface area contributed by atoms with Crippen molar-refractivity contribution in [2.45, 2.75) is 6.18 Å². The number of nitro groups is 1. The van der Waals surface area contributed by atoms with Crippen LogP contribution in [0.25, 0.3) is 0 Å². The van der Waals surface area contributed by atoms with Crippen LogP contribution in [0.3, 0.4) is 0 Å². The highest BCUT2D eigenvalue weighted by atomic mass is 35.5. The average molecular weight is 335 g/mol. The predicted octanol–water partition coefficient (Wildman–Crippen LogP) is 3.24. The summed E-state index contributed by atoms with van der Waals surface area (Å²) in [5.74, 6) is -1.31. The lowest BCUT2D eigenvalue weighted by Gasteiger charge is -2.04. The van der Waals surface area contributed by atoms with Crippen molar-refractivity contribution in [2.75, 3.05) is 5.32 Å². The third-order valence-electron chi connectivity index (χ3n) is 2.53. The van der Waals surface area contributed by atoms with Crippen molar-refractivity contribution in [3.8, 4) is 0 Å². The second kappa shape index (κ2) is 5.64. The van der Waals surface area contributed by atoms with E-state index in [0.717, 1.165) is 18.2 Å². The maximum atomic E-state index is 12.4. The summed E-state index contributed by atoms with van der Waals surface area (Å²) >= 11 is 5.75. The van der Waals surface area contributed by atoms with E-state index >= 15 is 0 Å². The van der Waals surface area contributed by atoms with Gasteiger partial charge in [-0.25, -0.2) is 0 Å². The molecule has 2 N–H and O–H groups in total. The van der Waals surface area contributed by atoms with Crippen molar-refractivity contribution in [1.82, 2.24) is 10.2 Å². The normalized spacial score (nSPS) is 11.3. The van der Waals surface area contributed by atoms with Crippen LogP contribution in [0, 0.1) is 10.1 Å². The lowest BCUT2D eigenvalue weighted by molar-refractivity contribution is -0.384. The molecule has 11 heteroatoms. The van der Waals surface area contributed by atoms with Gasteiger partial charge in [-0.05, 0) is 6.07 Å². The van der Waals surface area contributed by atoms with Gasteiger partial charge in [0.25, 0.3) is 11.6 Å². The summed E-state index contributed by atoms with van der Waals surface area (Å²) in [6.45, 7) is 0. The van der Waals surface area contributed by atoms with Crippen LogP contribution in [-0.4, -0.2) is 21.0 Å². The first-order chi connectivity index (χ1) is 10.2. The topological polar surface area (TPSA) is 101 Å². The largest absolute Gasteiger partial charge is 0.432 e. The van der Waals surface area contributed by atoms with E-state index in [1.54, 1.807) is 5.10 Å². The highest BCUT2D eigenvalue weighted by Gasteiger charge is 2.33. The quantitative estimate of drug-likeness (QED) is 0.664. The second-order valence-corrected chi connectivity index (χ2v) is 4.45. The number of hydrogen-bond acceptors (Lipinski definition) is 4. The van der Waals surface area contributed by atoms with Crippen LogP contribution in [0.2, 0.25) is 5.02 Å². The third-order valence-corrected chi connectivity index (χ3v) is 2.86. The van der Waals surface area contributed by atoms with Crippen molar-refractivity contribution in [2.24, 2.45) is 0 Å². The molecule has 0 radical (unpaired) electrons. The van der Waals surface area contributed by atoms with Crippen LogP contribution in [0.4, 0.5) is 24.7 Å². The lowest BCUT2D eigenvalue weighted by atomic mass is 10.2. The van der Waals surface area contributed by atoms with E-state index in [2.05, 4.69) is 10.4 Å². The van der Waals surface area contributed by atoms with Gasteiger partial charge in [0.2, 0.25) is 0 Å². The van der Waals surface area contributed by atoms with E-state index < -0.39 is 22.7 Å². The minimum absolute atomic E-state index is 0.0883. The minimum atomic E-state index is -4.64. The number of carbonyl (C=O) groups excluding carboxylic acids is 1. The fourth-order valence-electron chi connectivity index (χ4n) is 1.52. The number of non-ortho nitro benzene ring substituents is 1. The molecule has 2 rings (SSSR count). The van der Waals surface area contributed by atoms with Gasteiger partial charge in [0, 0.05) is 18.2 Å². The standard InChI is InChI=1S/C11H6ClF3N4O3/c12-7-2-1-5(19(21)22)3-6(7)10(20)16-9-4-8(17-18-9)11(13,14)15/h1-4H,(H2,16,17,18,20). The Hall–Kier alpha value is -2.62. The summed E-state index contributed by atoms with van der Waals surface area (Å²) in [5, 5.41) is 17.6. The summed E-state index contributed by atoms with van der Waals surface area (Å²) in [7, 11) is 0. The van der Waals surface area contributed by atoms with Gasteiger partial charge in [0.05, 0.1) is 15.5 Å². The summed E-state index contributed by atoms with van der Waals surface area (Å²) in [5.41, 5.74) is -1.78. The molecule has 1 aromatic heterocycles. The zero-order valence-corrected chi connectivity index (χ0v) is 11.2. The molecule has 0 spiro atoms. The Morgan fingerprint density at radius 2 is 2.05 bits per heavy atom. The fraction of sp³-hybridized carbons (Fsp3) is 0.0909. The van der Waals surface area contributed by atoms with Gasteiger partial charge < -0.3 is 5.32 Å². The van der Waals surface area contributed by atoms with E-state index in [-0.39, 0.29) is 22.1 Å². The Labute approximate surface area is 125 Å². The molecule has 0 fully saturated rings. The molecule has 116 valence electrons. The number of benzene rings is 1. The number of anilines is 1. The molecule has 1 aromatic carbocycles. The number of nitrogens with zero attached hydrogens (tertiary/aromatic N) is 2. The SMILES string of the molecule is O=C(Nc1cc(C(F)(F)F)[nH]n1)c1cc([N+](=O)[O-])ccc1Cl. The van der Waals surface area contributed by atoms with Crippen LogP contribution in [0.1, 0.15) is 16.1 Å². The van der Waals surface area contributed by atoms with Gasteiger partial charge in [-0.2, -0.15) is 18.3 Å². The first kappa shape index (κ1) is 15.8. The summed E-state index contributed by atoms with van der Waals surface area (Å²) < 4.78 is 37.2. The Balaban J connectivity index is 2.24. The number of amides is 1. The predicted molar refractivity (Wildman–Crippen MR) is 69.6 cm³/mol. The van der Waals surface area contributed by atoms with Crippen molar-refractivity contribution in [1.29, 1.82) is 0 Å². The molecule has 0 aliphatic rings. The molecule has 2 aromatic rings. The highest BCUT2D eigenvalue weighted by Crippen LogP contribution is 2.29. The number of H-pyrrole nitrogens is 1. The molecule has 0 aliphatic carbocycles. The number of alkyl halides is 3. The zero-order valence-electron chi connectivity index (χ0n) is 10.4. The Morgan fingerprint density at radius 3 is 2.59 bits per heavy atom. The highest BCUT2D eigenvalue weighted by molar-refractivity contribution is 6.34. The molecule has 22 heavy (non-hydrogen) atoms. The summed E-state index contributed by atoms with van der Waals surface area (Å²) in [6, 6.07) is 3.73. The smallest absolute Gasteiger partial charge is 0.305 e. The van der Waals surface area contributed by atoms with Gasteiger partial charge in [0.15, 0.2) is 5.82 Å². The molecule has 0 saturated heterocycles. The van der Waals surface area contributed by atoms with Gasteiger partial charge in [-0.15, -0.1) is 0 Å². The fourth-order valence-corrected chi connectivity index (χ4v) is 1.72. The third kappa shape index (κ3) is 3.34. The van der Waals surface area contributed by atoms with Crippen LogP contribution < -0.4 is 5.32 Å². The van der Waals surface area contributed by atoms with Crippen LogP contribution in [0.15, 0.2) is 24.3 Å². The Bertz CT molecular complexity index is 744.